The average Bonchev–Trinajstić information content (AvgIpc) is 2.67. The zero-order chi connectivity index (χ0) is 11.1. The van der Waals surface area contributed by atoms with E-state index in [2.05, 4.69) is 38.4 Å². The van der Waals surface area contributed by atoms with Crippen LogP contribution in [-0.2, 0) is 6.42 Å². The predicted octanol–water partition coefficient (Wildman–Crippen LogP) is 2.33. The molecule has 1 atom stereocenters. The fourth-order valence-corrected chi connectivity index (χ4v) is 2.43. The number of aliphatic hydroxyl groups is 1. The molecule has 3 rings (SSSR count). The van der Waals surface area contributed by atoms with Crippen molar-refractivity contribution in [3.8, 4) is 0 Å². The van der Waals surface area contributed by atoms with Crippen molar-refractivity contribution in [3.05, 3.63) is 34.3 Å². The molecule has 2 aromatic rings. The van der Waals surface area contributed by atoms with Crippen LogP contribution in [0.5, 0.6) is 0 Å². The van der Waals surface area contributed by atoms with Crippen LogP contribution >= 0.6 is 15.9 Å². The molecule has 2 N–H and O–H groups in total. The summed E-state index contributed by atoms with van der Waals surface area (Å²) in [6.45, 7) is 0.149. The number of halogens is 1. The van der Waals surface area contributed by atoms with Gasteiger partial charge in [-0.25, -0.2) is 4.98 Å². The zero-order valence-electron chi connectivity index (χ0n) is 8.57. The fourth-order valence-electron chi connectivity index (χ4n) is 2.08. The van der Waals surface area contributed by atoms with Gasteiger partial charge in [0, 0.05) is 9.86 Å². The minimum absolute atomic E-state index is 0.114. The van der Waals surface area contributed by atoms with Crippen molar-refractivity contribution in [2.75, 3.05) is 11.9 Å². The SMILES string of the molecule is OC[C@@H]1Cc2cc3ccc(Br)cc3nc2N1. The largest absolute Gasteiger partial charge is 0.394 e. The normalized spacial score (nSPS) is 18.5. The molecule has 0 amide bonds. The molecule has 0 bridgehead atoms. The molecule has 4 heteroatoms. The first kappa shape index (κ1) is 10.1. The smallest absolute Gasteiger partial charge is 0.130 e. The second-order valence-electron chi connectivity index (χ2n) is 4.06. The summed E-state index contributed by atoms with van der Waals surface area (Å²) >= 11 is 3.44. The molecule has 1 aliphatic heterocycles. The van der Waals surface area contributed by atoms with Gasteiger partial charge in [0.05, 0.1) is 18.2 Å². The van der Waals surface area contributed by atoms with Crippen molar-refractivity contribution in [3.63, 3.8) is 0 Å². The van der Waals surface area contributed by atoms with E-state index in [0.717, 1.165) is 27.6 Å². The van der Waals surface area contributed by atoms with Crippen molar-refractivity contribution in [1.82, 2.24) is 4.98 Å². The highest BCUT2D eigenvalue weighted by molar-refractivity contribution is 9.10. The van der Waals surface area contributed by atoms with Crippen LogP contribution < -0.4 is 5.32 Å². The second kappa shape index (κ2) is 3.71. The molecule has 0 radical (unpaired) electrons. The molecular formula is C12H11BrN2O. The van der Waals surface area contributed by atoms with Crippen molar-refractivity contribution in [2.45, 2.75) is 12.5 Å². The monoisotopic (exact) mass is 278 g/mol. The van der Waals surface area contributed by atoms with Crippen molar-refractivity contribution in [1.29, 1.82) is 0 Å². The molecular weight excluding hydrogens is 268 g/mol. The van der Waals surface area contributed by atoms with Crippen molar-refractivity contribution >= 4 is 32.7 Å². The maximum absolute atomic E-state index is 9.12. The molecule has 0 fully saturated rings. The van der Waals surface area contributed by atoms with E-state index >= 15 is 0 Å². The number of rotatable bonds is 1. The molecule has 0 unspecified atom stereocenters. The number of nitrogens with zero attached hydrogens (tertiary/aromatic N) is 1. The van der Waals surface area contributed by atoms with Gasteiger partial charge in [0.1, 0.15) is 5.82 Å². The van der Waals surface area contributed by atoms with Gasteiger partial charge in [-0.05, 0) is 30.2 Å². The molecule has 1 aromatic carbocycles. The Morgan fingerprint density at radius 1 is 1.44 bits per heavy atom. The number of anilines is 1. The third-order valence-electron chi connectivity index (χ3n) is 2.89. The van der Waals surface area contributed by atoms with E-state index in [1.54, 1.807) is 0 Å². The lowest BCUT2D eigenvalue weighted by Gasteiger charge is -2.05. The maximum atomic E-state index is 9.12. The molecule has 0 spiro atoms. The second-order valence-corrected chi connectivity index (χ2v) is 4.98. The van der Waals surface area contributed by atoms with Crippen molar-refractivity contribution < 1.29 is 5.11 Å². The quantitative estimate of drug-likeness (QED) is 0.842. The fraction of sp³-hybridized carbons (Fsp3) is 0.250. The van der Waals surface area contributed by atoms with Gasteiger partial charge in [-0.2, -0.15) is 0 Å². The van der Waals surface area contributed by atoms with Gasteiger partial charge in [-0.3, -0.25) is 0 Å². The summed E-state index contributed by atoms with van der Waals surface area (Å²) in [5.41, 5.74) is 2.16. The number of hydrogen-bond donors (Lipinski definition) is 2. The van der Waals surface area contributed by atoms with Crippen LogP contribution in [0.3, 0.4) is 0 Å². The summed E-state index contributed by atoms with van der Waals surface area (Å²) in [6, 6.07) is 8.33. The number of aromatic nitrogens is 1. The lowest BCUT2D eigenvalue weighted by Crippen LogP contribution is -2.19. The van der Waals surface area contributed by atoms with Crippen LogP contribution in [0.2, 0.25) is 0 Å². The van der Waals surface area contributed by atoms with E-state index in [0.29, 0.717) is 0 Å². The number of nitrogens with one attached hydrogen (secondary N) is 1. The van der Waals surface area contributed by atoms with Crippen LogP contribution in [0, 0.1) is 0 Å². The molecule has 2 heterocycles. The van der Waals surface area contributed by atoms with Crippen LogP contribution in [0.1, 0.15) is 5.56 Å². The predicted molar refractivity (Wildman–Crippen MR) is 67.6 cm³/mol. The molecule has 0 saturated carbocycles. The van der Waals surface area contributed by atoms with E-state index in [4.69, 9.17) is 5.11 Å². The highest BCUT2D eigenvalue weighted by atomic mass is 79.9. The standard InChI is InChI=1S/C12H11BrN2O/c13-9-2-1-7-3-8-4-10(6-16)14-12(8)15-11(7)5-9/h1-3,5,10,16H,4,6H2,(H,14,15)/t10-/m0/s1. The van der Waals surface area contributed by atoms with E-state index in [-0.39, 0.29) is 12.6 Å². The van der Waals surface area contributed by atoms with E-state index < -0.39 is 0 Å². The van der Waals surface area contributed by atoms with E-state index in [1.807, 2.05) is 12.1 Å². The van der Waals surface area contributed by atoms with Gasteiger partial charge >= 0.3 is 0 Å². The molecule has 3 nitrogen and oxygen atoms in total. The Bertz CT molecular complexity index is 556. The number of pyridine rings is 1. The minimum Gasteiger partial charge on any atom is -0.394 e. The van der Waals surface area contributed by atoms with Gasteiger partial charge in [0.25, 0.3) is 0 Å². The summed E-state index contributed by atoms with van der Waals surface area (Å²) in [7, 11) is 0. The summed E-state index contributed by atoms with van der Waals surface area (Å²) < 4.78 is 1.03. The summed E-state index contributed by atoms with van der Waals surface area (Å²) in [6.07, 6.45) is 0.852. The molecule has 1 aliphatic rings. The van der Waals surface area contributed by atoms with Gasteiger partial charge in [0.2, 0.25) is 0 Å². The Kier molecular flexibility index (Phi) is 2.33. The van der Waals surface area contributed by atoms with Crippen LogP contribution in [-0.4, -0.2) is 22.7 Å². The molecule has 16 heavy (non-hydrogen) atoms. The van der Waals surface area contributed by atoms with Gasteiger partial charge in [-0.1, -0.05) is 22.0 Å². The lowest BCUT2D eigenvalue weighted by atomic mass is 10.1. The number of hydrogen-bond acceptors (Lipinski definition) is 3. The highest BCUT2D eigenvalue weighted by Gasteiger charge is 2.21. The Labute approximate surface area is 102 Å². The average molecular weight is 279 g/mol. The lowest BCUT2D eigenvalue weighted by molar-refractivity contribution is 0.277. The first-order valence-corrected chi connectivity index (χ1v) is 6.02. The van der Waals surface area contributed by atoms with Gasteiger partial charge < -0.3 is 10.4 Å². The Balaban J connectivity index is 2.14. The molecule has 0 aliphatic carbocycles. The zero-order valence-corrected chi connectivity index (χ0v) is 10.2. The number of fused-ring (bicyclic) bond motifs is 2. The van der Waals surface area contributed by atoms with Crippen LogP contribution in [0.4, 0.5) is 5.82 Å². The summed E-state index contributed by atoms with van der Waals surface area (Å²) in [4.78, 5) is 4.56. The van der Waals surface area contributed by atoms with Gasteiger partial charge in [-0.15, -0.1) is 0 Å². The summed E-state index contributed by atoms with van der Waals surface area (Å²) in [5, 5.41) is 13.5. The van der Waals surface area contributed by atoms with E-state index in [1.165, 1.54) is 5.56 Å². The third-order valence-corrected chi connectivity index (χ3v) is 3.38. The van der Waals surface area contributed by atoms with Crippen LogP contribution in [0.15, 0.2) is 28.7 Å². The Hall–Kier alpha value is -1.13. The topological polar surface area (TPSA) is 45.2 Å². The Morgan fingerprint density at radius 2 is 2.31 bits per heavy atom. The number of aliphatic hydroxyl groups excluding tert-OH is 1. The van der Waals surface area contributed by atoms with Crippen molar-refractivity contribution in [2.24, 2.45) is 0 Å². The van der Waals surface area contributed by atoms with E-state index in [9.17, 15) is 0 Å². The minimum atomic E-state index is 0.114. The third kappa shape index (κ3) is 1.58. The molecule has 1 aromatic heterocycles. The summed E-state index contributed by atoms with van der Waals surface area (Å²) in [5.74, 6) is 0.907. The first-order valence-electron chi connectivity index (χ1n) is 5.23. The Morgan fingerprint density at radius 3 is 3.12 bits per heavy atom. The van der Waals surface area contributed by atoms with Crippen LogP contribution in [0.25, 0.3) is 10.9 Å². The maximum Gasteiger partial charge on any atom is 0.130 e. The molecule has 0 saturated heterocycles. The molecule has 82 valence electrons. The number of benzene rings is 1. The first-order chi connectivity index (χ1) is 7.76. The highest BCUT2D eigenvalue weighted by Crippen LogP contribution is 2.28. The van der Waals surface area contributed by atoms with Gasteiger partial charge in [0.15, 0.2) is 0 Å².